The van der Waals surface area contributed by atoms with Crippen molar-refractivity contribution in [2.24, 2.45) is 0 Å². The SMILES string of the molecule is O=C(O)c1csc2c(C(=O)O)c3c(C(=O)O)csc3c(C(=O)O)c12. The minimum Gasteiger partial charge on any atom is -0.478 e. The molecule has 122 valence electrons. The van der Waals surface area contributed by atoms with Gasteiger partial charge in [0.05, 0.1) is 31.7 Å². The van der Waals surface area contributed by atoms with Crippen LogP contribution >= 0.6 is 22.7 Å². The van der Waals surface area contributed by atoms with Crippen molar-refractivity contribution in [2.45, 2.75) is 0 Å². The fraction of sp³-hybridized carbons (Fsp3) is 0. The Morgan fingerprint density at radius 2 is 0.958 bits per heavy atom. The van der Waals surface area contributed by atoms with Crippen LogP contribution in [0.4, 0.5) is 0 Å². The van der Waals surface area contributed by atoms with Gasteiger partial charge in [-0.3, -0.25) is 0 Å². The number of fused-ring (bicyclic) bond motifs is 2. The van der Waals surface area contributed by atoms with Gasteiger partial charge < -0.3 is 20.4 Å². The summed E-state index contributed by atoms with van der Waals surface area (Å²) in [5, 5.41) is 39.4. The van der Waals surface area contributed by atoms with Gasteiger partial charge in [0.25, 0.3) is 0 Å². The van der Waals surface area contributed by atoms with E-state index in [1.54, 1.807) is 0 Å². The molecule has 4 N–H and O–H groups in total. The molecule has 0 fully saturated rings. The summed E-state index contributed by atoms with van der Waals surface area (Å²) in [5.41, 5.74) is -1.47. The molecule has 2 heterocycles. The Bertz CT molecular complexity index is 986. The predicted molar refractivity (Wildman–Crippen MR) is 85.0 cm³/mol. The summed E-state index contributed by atoms with van der Waals surface area (Å²) in [4.78, 5) is 46.1. The lowest BCUT2D eigenvalue weighted by molar-refractivity contribution is 0.0680. The molecule has 3 rings (SSSR count). The zero-order chi connectivity index (χ0) is 17.8. The molecule has 1 aromatic carbocycles. The molecule has 0 aliphatic carbocycles. The third-order valence-electron chi connectivity index (χ3n) is 3.42. The van der Waals surface area contributed by atoms with Crippen molar-refractivity contribution < 1.29 is 39.6 Å². The number of carboxylic acid groups (broad SMARTS) is 4. The highest BCUT2D eigenvalue weighted by molar-refractivity contribution is 7.20. The van der Waals surface area contributed by atoms with E-state index < -0.39 is 35.0 Å². The van der Waals surface area contributed by atoms with Crippen LogP contribution in [0.3, 0.4) is 0 Å². The van der Waals surface area contributed by atoms with Crippen molar-refractivity contribution >= 4 is 66.7 Å². The molecule has 8 nitrogen and oxygen atoms in total. The molecule has 0 saturated carbocycles. The molecule has 2 aromatic heterocycles. The Hall–Kier alpha value is -2.98. The number of thiophene rings is 2. The zero-order valence-corrected chi connectivity index (χ0v) is 13.0. The topological polar surface area (TPSA) is 149 Å². The average Bonchev–Trinajstić information content (AvgIpc) is 3.07. The van der Waals surface area contributed by atoms with Crippen molar-refractivity contribution in [1.82, 2.24) is 0 Å². The number of aromatic carboxylic acids is 4. The van der Waals surface area contributed by atoms with Crippen LogP contribution in [-0.4, -0.2) is 44.3 Å². The minimum atomic E-state index is -1.46. The first-order valence-corrected chi connectivity index (χ1v) is 7.93. The van der Waals surface area contributed by atoms with E-state index in [1.165, 1.54) is 0 Å². The van der Waals surface area contributed by atoms with Crippen molar-refractivity contribution in [3.05, 3.63) is 33.0 Å². The Kier molecular flexibility index (Phi) is 3.50. The van der Waals surface area contributed by atoms with Gasteiger partial charge in [0.1, 0.15) is 0 Å². The van der Waals surface area contributed by atoms with Gasteiger partial charge in [-0.1, -0.05) is 0 Å². The molecule has 0 unspecified atom stereocenters. The summed E-state index contributed by atoms with van der Waals surface area (Å²) in [6, 6.07) is 0. The van der Waals surface area contributed by atoms with Crippen molar-refractivity contribution in [3.63, 3.8) is 0 Å². The first kappa shape index (κ1) is 15.9. The summed E-state index contributed by atoms with van der Waals surface area (Å²) >= 11 is 1.51. The zero-order valence-electron chi connectivity index (χ0n) is 11.4. The highest BCUT2D eigenvalue weighted by Crippen LogP contribution is 2.42. The molecule has 0 amide bonds. The summed E-state index contributed by atoms with van der Waals surface area (Å²) < 4.78 is -0.156. The third-order valence-corrected chi connectivity index (χ3v) is 5.42. The van der Waals surface area contributed by atoms with E-state index >= 15 is 0 Å². The molecule has 0 aliphatic rings. The number of rotatable bonds is 4. The average molecular weight is 366 g/mol. The molecule has 0 radical (unpaired) electrons. The van der Waals surface area contributed by atoms with Crippen molar-refractivity contribution in [1.29, 1.82) is 0 Å². The van der Waals surface area contributed by atoms with Gasteiger partial charge in [0, 0.05) is 21.5 Å². The Morgan fingerprint density at radius 3 is 1.21 bits per heavy atom. The van der Waals surface area contributed by atoms with Crippen LogP contribution in [0, 0.1) is 0 Å². The number of benzene rings is 1. The lowest BCUT2D eigenvalue weighted by atomic mass is 9.97. The van der Waals surface area contributed by atoms with E-state index in [1.807, 2.05) is 0 Å². The van der Waals surface area contributed by atoms with Gasteiger partial charge in [-0.2, -0.15) is 0 Å². The summed E-state index contributed by atoms with van der Waals surface area (Å²) in [5.74, 6) is -5.70. The molecule has 24 heavy (non-hydrogen) atoms. The van der Waals surface area contributed by atoms with E-state index in [0.717, 1.165) is 33.4 Å². The van der Waals surface area contributed by atoms with E-state index in [9.17, 15) is 39.6 Å². The highest BCUT2D eigenvalue weighted by atomic mass is 32.1. The molecule has 0 atom stereocenters. The van der Waals surface area contributed by atoms with Gasteiger partial charge in [-0.15, -0.1) is 22.7 Å². The smallest absolute Gasteiger partial charge is 0.337 e. The number of carbonyl (C=O) groups is 4. The van der Waals surface area contributed by atoms with E-state index in [-0.39, 0.29) is 31.3 Å². The summed E-state index contributed by atoms with van der Waals surface area (Å²) in [7, 11) is 0. The maximum atomic E-state index is 11.7. The van der Waals surface area contributed by atoms with Crippen LogP contribution in [0.15, 0.2) is 10.8 Å². The molecule has 0 aliphatic heterocycles. The van der Waals surface area contributed by atoms with Crippen LogP contribution < -0.4 is 0 Å². The number of hydrogen-bond donors (Lipinski definition) is 4. The van der Waals surface area contributed by atoms with Gasteiger partial charge in [-0.25, -0.2) is 19.2 Å². The maximum absolute atomic E-state index is 11.7. The maximum Gasteiger partial charge on any atom is 0.337 e. The summed E-state index contributed by atoms with van der Waals surface area (Å²) in [6.45, 7) is 0. The van der Waals surface area contributed by atoms with Crippen LogP contribution in [-0.2, 0) is 0 Å². The van der Waals surface area contributed by atoms with Crippen LogP contribution in [0.1, 0.15) is 41.4 Å². The van der Waals surface area contributed by atoms with Crippen molar-refractivity contribution in [2.75, 3.05) is 0 Å². The van der Waals surface area contributed by atoms with E-state index in [2.05, 4.69) is 0 Å². The van der Waals surface area contributed by atoms with Gasteiger partial charge in [-0.05, 0) is 0 Å². The Labute approximate surface area is 139 Å². The minimum absolute atomic E-state index is 0.0781. The normalized spacial score (nSPS) is 11.0. The third kappa shape index (κ3) is 2.04. The van der Waals surface area contributed by atoms with Gasteiger partial charge >= 0.3 is 23.9 Å². The molecular formula is C14H6O8S2. The lowest BCUT2D eigenvalue weighted by Gasteiger charge is -2.07. The quantitative estimate of drug-likeness (QED) is 0.550. The predicted octanol–water partition coefficient (Wildman–Crippen LogP) is 2.91. The molecule has 3 aromatic rings. The van der Waals surface area contributed by atoms with E-state index in [0.29, 0.717) is 0 Å². The molecular weight excluding hydrogens is 360 g/mol. The van der Waals surface area contributed by atoms with Gasteiger partial charge in [0.2, 0.25) is 0 Å². The van der Waals surface area contributed by atoms with Crippen molar-refractivity contribution in [3.8, 4) is 0 Å². The molecule has 10 heteroatoms. The van der Waals surface area contributed by atoms with Crippen LogP contribution in [0.2, 0.25) is 0 Å². The Morgan fingerprint density at radius 1 is 0.625 bits per heavy atom. The fourth-order valence-electron chi connectivity index (χ4n) is 2.53. The first-order valence-electron chi connectivity index (χ1n) is 6.17. The molecule has 0 saturated heterocycles. The van der Waals surface area contributed by atoms with Gasteiger partial charge in [0.15, 0.2) is 0 Å². The lowest BCUT2D eigenvalue weighted by Crippen LogP contribution is -2.07. The largest absolute Gasteiger partial charge is 0.478 e. The second-order valence-corrected chi connectivity index (χ2v) is 6.44. The van der Waals surface area contributed by atoms with E-state index in [4.69, 9.17) is 0 Å². The monoisotopic (exact) mass is 366 g/mol. The highest BCUT2D eigenvalue weighted by Gasteiger charge is 2.30. The second kappa shape index (κ2) is 5.28. The molecule has 0 spiro atoms. The van der Waals surface area contributed by atoms with Crippen LogP contribution in [0.5, 0.6) is 0 Å². The fourth-order valence-corrected chi connectivity index (χ4v) is 4.71. The number of hydrogen-bond acceptors (Lipinski definition) is 6. The molecule has 0 bridgehead atoms. The summed E-state index contributed by atoms with van der Waals surface area (Å²) in [6.07, 6.45) is 0. The first-order chi connectivity index (χ1) is 11.3. The second-order valence-electron chi connectivity index (χ2n) is 4.68. The standard InChI is InChI=1S/C14H6O8S2/c15-11(16)3-1-23-9-5(3)7(13(19)20)10-6(8(9)14(21)22)4(2-24-10)12(17)18/h1-2H,(H,15,16)(H,17,18)(H,19,20)(H,21,22). The number of carboxylic acids is 4. The Balaban J connectivity index is 2.71. The van der Waals surface area contributed by atoms with Crippen LogP contribution in [0.25, 0.3) is 20.2 Å².